The third kappa shape index (κ3) is 5.69. The van der Waals surface area contributed by atoms with Gasteiger partial charge in [-0.25, -0.2) is 0 Å². The van der Waals surface area contributed by atoms with Crippen molar-refractivity contribution >= 4 is 23.4 Å². The van der Waals surface area contributed by atoms with Gasteiger partial charge in [0.25, 0.3) is 0 Å². The van der Waals surface area contributed by atoms with Crippen LogP contribution in [0.3, 0.4) is 0 Å². The molecule has 26 heavy (non-hydrogen) atoms. The molecule has 0 spiro atoms. The van der Waals surface area contributed by atoms with E-state index in [0.29, 0.717) is 24.2 Å². The highest BCUT2D eigenvalue weighted by molar-refractivity contribution is 6.30. The second-order valence-corrected chi connectivity index (χ2v) is 7.61. The van der Waals surface area contributed by atoms with Crippen LogP contribution in [0.25, 0.3) is 0 Å². The Morgan fingerprint density at radius 1 is 1.15 bits per heavy atom. The van der Waals surface area contributed by atoms with Gasteiger partial charge in [-0.3, -0.25) is 19.4 Å². The SMILES string of the molecule is CC(C(=O)NCc1ccc(Cl)cc1)N1CCN(CC(=O)NC2CC2)CC1. The van der Waals surface area contributed by atoms with Gasteiger partial charge in [-0.1, -0.05) is 23.7 Å². The Balaban J connectivity index is 1.37. The van der Waals surface area contributed by atoms with Crippen LogP contribution in [0.1, 0.15) is 25.3 Å². The lowest BCUT2D eigenvalue weighted by Gasteiger charge is -2.37. The Labute approximate surface area is 159 Å². The molecule has 1 unspecified atom stereocenters. The lowest BCUT2D eigenvalue weighted by atomic mass is 10.2. The summed E-state index contributed by atoms with van der Waals surface area (Å²) in [6.07, 6.45) is 2.23. The minimum Gasteiger partial charge on any atom is -0.352 e. The van der Waals surface area contributed by atoms with E-state index >= 15 is 0 Å². The molecule has 6 nitrogen and oxygen atoms in total. The first-order valence-corrected chi connectivity index (χ1v) is 9.67. The topological polar surface area (TPSA) is 64.7 Å². The molecule has 142 valence electrons. The molecule has 1 saturated heterocycles. The van der Waals surface area contributed by atoms with Gasteiger partial charge >= 0.3 is 0 Å². The van der Waals surface area contributed by atoms with Crippen molar-refractivity contribution in [1.82, 2.24) is 20.4 Å². The Hall–Kier alpha value is -1.63. The summed E-state index contributed by atoms with van der Waals surface area (Å²) < 4.78 is 0. The Kier molecular flexibility index (Phi) is 6.51. The molecule has 3 rings (SSSR count). The Morgan fingerprint density at radius 3 is 2.42 bits per heavy atom. The molecule has 1 aromatic carbocycles. The van der Waals surface area contributed by atoms with E-state index in [1.165, 1.54) is 0 Å². The molecule has 2 fully saturated rings. The van der Waals surface area contributed by atoms with E-state index in [4.69, 9.17) is 11.6 Å². The number of nitrogens with one attached hydrogen (secondary N) is 2. The van der Waals surface area contributed by atoms with E-state index in [1.54, 1.807) is 0 Å². The Morgan fingerprint density at radius 2 is 1.81 bits per heavy atom. The van der Waals surface area contributed by atoms with E-state index in [-0.39, 0.29) is 17.9 Å². The summed E-state index contributed by atoms with van der Waals surface area (Å²) in [6, 6.07) is 7.71. The lowest BCUT2D eigenvalue weighted by Crippen LogP contribution is -2.55. The van der Waals surface area contributed by atoms with Gasteiger partial charge in [0.05, 0.1) is 12.6 Å². The van der Waals surface area contributed by atoms with Crippen LogP contribution in [-0.2, 0) is 16.1 Å². The number of hydrogen-bond donors (Lipinski definition) is 2. The second-order valence-electron chi connectivity index (χ2n) is 7.17. The fourth-order valence-corrected chi connectivity index (χ4v) is 3.24. The third-order valence-corrected chi connectivity index (χ3v) is 5.28. The van der Waals surface area contributed by atoms with Gasteiger partial charge in [-0.15, -0.1) is 0 Å². The van der Waals surface area contributed by atoms with Gasteiger partial charge in [0.2, 0.25) is 11.8 Å². The van der Waals surface area contributed by atoms with Gasteiger partial charge < -0.3 is 10.6 Å². The van der Waals surface area contributed by atoms with Crippen LogP contribution in [0.15, 0.2) is 24.3 Å². The fourth-order valence-electron chi connectivity index (χ4n) is 3.12. The zero-order valence-electron chi connectivity index (χ0n) is 15.2. The lowest BCUT2D eigenvalue weighted by molar-refractivity contribution is -0.128. The number of piperazine rings is 1. The zero-order valence-corrected chi connectivity index (χ0v) is 16.0. The minimum absolute atomic E-state index is 0.0277. The maximum absolute atomic E-state index is 12.4. The van der Waals surface area contributed by atoms with E-state index < -0.39 is 0 Å². The first-order chi connectivity index (χ1) is 12.5. The molecular weight excluding hydrogens is 352 g/mol. The highest BCUT2D eigenvalue weighted by Crippen LogP contribution is 2.18. The molecule has 1 heterocycles. The number of halogens is 1. The summed E-state index contributed by atoms with van der Waals surface area (Å²) >= 11 is 5.87. The van der Waals surface area contributed by atoms with E-state index in [0.717, 1.165) is 44.6 Å². The maximum Gasteiger partial charge on any atom is 0.237 e. The van der Waals surface area contributed by atoms with Crippen LogP contribution in [0.5, 0.6) is 0 Å². The van der Waals surface area contributed by atoms with Gasteiger partial charge in [-0.2, -0.15) is 0 Å². The molecule has 0 radical (unpaired) electrons. The number of carbonyl (C=O) groups excluding carboxylic acids is 2. The molecule has 1 aromatic rings. The molecule has 2 aliphatic rings. The van der Waals surface area contributed by atoms with Crippen molar-refractivity contribution < 1.29 is 9.59 Å². The standard InChI is InChI=1S/C19H27ClN4O2/c1-14(19(26)21-12-15-2-4-16(20)5-3-15)24-10-8-23(9-11-24)13-18(25)22-17-6-7-17/h2-5,14,17H,6-13H2,1H3,(H,21,26)(H,22,25). The monoisotopic (exact) mass is 378 g/mol. The smallest absolute Gasteiger partial charge is 0.237 e. The zero-order chi connectivity index (χ0) is 18.5. The van der Waals surface area contributed by atoms with Crippen molar-refractivity contribution in [1.29, 1.82) is 0 Å². The highest BCUT2D eigenvalue weighted by atomic mass is 35.5. The van der Waals surface area contributed by atoms with E-state index in [2.05, 4.69) is 20.4 Å². The van der Waals surface area contributed by atoms with Crippen molar-refractivity contribution in [2.24, 2.45) is 0 Å². The summed E-state index contributed by atoms with van der Waals surface area (Å²) in [5.74, 6) is 0.148. The highest BCUT2D eigenvalue weighted by Gasteiger charge is 2.28. The molecule has 2 N–H and O–H groups in total. The van der Waals surface area contributed by atoms with Crippen LogP contribution < -0.4 is 10.6 Å². The number of benzene rings is 1. The van der Waals surface area contributed by atoms with Crippen LogP contribution >= 0.6 is 11.6 Å². The quantitative estimate of drug-likeness (QED) is 0.749. The van der Waals surface area contributed by atoms with Crippen LogP contribution in [-0.4, -0.2) is 66.4 Å². The van der Waals surface area contributed by atoms with E-state index in [1.807, 2.05) is 31.2 Å². The molecule has 0 bridgehead atoms. The predicted octanol–water partition coefficient (Wildman–Crippen LogP) is 1.24. The number of carbonyl (C=O) groups is 2. The third-order valence-electron chi connectivity index (χ3n) is 5.02. The number of nitrogens with zero attached hydrogens (tertiary/aromatic N) is 2. The summed E-state index contributed by atoms with van der Waals surface area (Å²) in [5.41, 5.74) is 1.03. The molecular formula is C19H27ClN4O2. The number of hydrogen-bond acceptors (Lipinski definition) is 4. The maximum atomic E-state index is 12.4. The number of rotatable bonds is 7. The van der Waals surface area contributed by atoms with Crippen molar-refractivity contribution in [3.05, 3.63) is 34.9 Å². The summed E-state index contributed by atoms with van der Waals surface area (Å²) in [6.45, 7) is 6.12. The van der Waals surface area contributed by atoms with Gasteiger partial charge in [-0.05, 0) is 37.5 Å². The average Bonchev–Trinajstić information content (AvgIpc) is 3.45. The molecule has 1 aliphatic heterocycles. The summed E-state index contributed by atoms with van der Waals surface area (Å²) in [4.78, 5) is 28.6. The second kappa shape index (κ2) is 8.84. The molecule has 1 saturated carbocycles. The largest absolute Gasteiger partial charge is 0.352 e. The van der Waals surface area contributed by atoms with Crippen molar-refractivity contribution in [2.75, 3.05) is 32.7 Å². The van der Waals surface area contributed by atoms with Crippen LogP contribution in [0.2, 0.25) is 5.02 Å². The minimum atomic E-state index is -0.176. The number of amides is 2. The van der Waals surface area contributed by atoms with Crippen molar-refractivity contribution in [2.45, 2.75) is 38.4 Å². The summed E-state index contributed by atoms with van der Waals surface area (Å²) in [5, 5.41) is 6.70. The normalized spacial score (nSPS) is 19.8. The van der Waals surface area contributed by atoms with E-state index in [9.17, 15) is 9.59 Å². The van der Waals surface area contributed by atoms with Gasteiger partial charge in [0, 0.05) is 43.8 Å². The fraction of sp³-hybridized carbons (Fsp3) is 0.579. The first kappa shape index (κ1) is 19.1. The molecule has 1 aliphatic carbocycles. The van der Waals surface area contributed by atoms with Gasteiger partial charge in [0.1, 0.15) is 0 Å². The predicted molar refractivity (Wildman–Crippen MR) is 102 cm³/mol. The van der Waals surface area contributed by atoms with Gasteiger partial charge in [0.15, 0.2) is 0 Å². The van der Waals surface area contributed by atoms with Crippen molar-refractivity contribution in [3.63, 3.8) is 0 Å². The molecule has 2 amide bonds. The van der Waals surface area contributed by atoms with Crippen LogP contribution in [0.4, 0.5) is 0 Å². The summed E-state index contributed by atoms with van der Waals surface area (Å²) in [7, 11) is 0. The molecule has 7 heteroatoms. The molecule has 1 atom stereocenters. The first-order valence-electron chi connectivity index (χ1n) is 9.29. The average molecular weight is 379 g/mol. The Bertz CT molecular complexity index is 625. The molecule has 0 aromatic heterocycles. The van der Waals surface area contributed by atoms with Crippen LogP contribution in [0, 0.1) is 0 Å². The van der Waals surface area contributed by atoms with Crippen molar-refractivity contribution in [3.8, 4) is 0 Å².